The Morgan fingerprint density at radius 3 is 2.62 bits per heavy atom. The van der Waals surface area contributed by atoms with Crippen LogP contribution in [0.3, 0.4) is 0 Å². The summed E-state index contributed by atoms with van der Waals surface area (Å²) in [5.41, 5.74) is 1.41. The van der Waals surface area contributed by atoms with Gasteiger partial charge in [0.15, 0.2) is 0 Å². The summed E-state index contributed by atoms with van der Waals surface area (Å²) in [6.07, 6.45) is 3.22. The van der Waals surface area contributed by atoms with Gasteiger partial charge in [0, 0.05) is 19.0 Å². The van der Waals surface area contributed by atoms with Crippen LogP contribution in [0.25, 0.3) is 0 Å². The molecule has 0 aliphatic carbocycles. The minimum absolute atomic E-state index is 0.570. The van der Waals surface area contributed by atoms with E-state index in [1.54, 1.807) is 0 Å². The standard InChI is InChI=1S/C15H21N/c1-3-5-9-12-16-15(4-2)13-14-10-7-6-8-11-14/h6-8,10-11,15-16H,4,9,12-13H2,1-2H3. The average molecular weight is 215 g/mol. The van der Waals surface area contributed by atoms with E-state index < -0.39 is 0 Å². The van der Waals surface area contributed by atoms with Gasteiger partial charge in [-0.3, -0.25) is 0 Å². The molecule has 1 N–H and O–H groups in total. The van der Waals surface area contributed by atoms with Crippen LogP contribution in [-0.4, -0.2) is 12.6 Å². The number of hydrogen-bond donors (Lipinski definition) is 1. The average Bonchev–Trinajstić information content (AvgIpc) is 2.34. The SMILES string of the molecule is CC#CCCNC(CC)Cc1ccccc1. The zero-order chi connectivity index (χ0) is 11.6. The summed E-state index contributed by atoms with van der Waals surface area (Å²) >= 11 is 0. The maximum absolute atomic E-state index is 3.55. The van der Waals surface area contributed by atoms with E-state index in [1.807, 2.05) is 6.92 Å². The van der Waals surface area contributed by atoms with Crippen molar-refractivity contribution in [3.63, 3.8) is 0 Å². The third kappa shape index (κ3) is 5.00. The Balaban J connectivity index is 2.33. The quantitative estimate of drug-likeness (QED) is 0.568. The number of benzene rings is 1. The van der Waals surface area contributed by atoms with Gasteiger partial charge in [-0.2, -0.15) is 0 Å². The number of nitrogens with one attached hydrogen (secondary N) is 1. The summed E-state index contributed by atoms with van der Waals surface area (Å²) in [6, 6.07) is 11.2. The fourth-order valence-corrected chi connectivity index (χ4v) is 1.72. The summed E-state index contributed by atoms with van der Waals surface area (Å²) in [4.78, 5) is 0. The predicted octanol–water partition coefficient (Wildman–Crippen LogP) is 3.01. The van der Waals surface area contributed by atoms with Crippen LogP contribution in [0.1, 0.15) is 32.3 Å². The molecule has 1 heteroatoms. The largest absolute Gasteiger partial charge is 0.313 e. The van der Waals surface area contributed by atoms with Crippen molar-refractivity contribution in [2.45, 2.75) is 39.2 Å². The molecule has 0 heterocycles. The topological polar surface area (TPSA) is 12.0 Å². The molecule has 0 saturated carbocycles. The molecule has 1 rings (SSSR count). The van der Waals surface area contributed by atoms with Gasteiger partial charge in [-0.05, 0) is 25.3 Å². The third-order valence-corrected chi connectivity index (χ3v) is 2.68. The maximum atomic E-state index is 3.55. The second-order valence-corrected chi connectivity index (χ2v) is 3.93. The van der Waals surface area contributed by atoms with Crippen LogP contribution in [0.2, 0.25) is 0 Å². The zero-order valence-corrected chi connectivity index (χ0v) is 10.3. The summed E-state index contributed by atoms with van der Waals surface area (Å²) in [5.74, 6) is 6.00. The van der Waals surface area contributed by atoms with Crippen molar-refractivity contribution in [2.75, 3.05) is 6.54 Å². The molecule has 0 aromatic heterocycles. The lowest BCUT2D eigenvalue weighted by molar-refractivity contribution is 0.502. The molecule has 0 aliphatic heterocycles. The van der Waals surface area contributed by atoms with Crippen molar-refractivity contribution >= 4 is 0 Å². The first-order chi connectivity index (χ1) is 7.86. The van der Waals surface area contributed by atoms with Gasteiger partial charge in [0.25, 0.3) is 0 Å². The molecule has 1 nitrogen and oxygen atoms in total. The fraction of sp³-hybridized carbons (Fsp3) is 0.467. The molecule has 0 fully saturated rings. The van der Waals surface area contributed by atoms with E-state index in [-0.39, 0.29) is 0 Å². The normalized spacial score (nSPS) is 11.6. The monoisotopic (exact) mass is 215 g/mol. The third-order valence-electron chi connectivity index (χ3n) is 2.68. The van der Waals surface area contributed by atoms with E-state index >= 15 is 0 Å². The molecule has 1 aromatic rings. The van der Waals surface area contributed by atoms with Crippen molar-refractivity contribution in [3.8, 4) is 11.8 Å². The molecule has 16 heavy (non-hydrogen) atoms. The highest BCUT2D eigenvalue weighted by atomic mass is 14.9. The first-order valence-corrected chi connectivity index (χ1v) is 6.03. The summed E-state index contributed by atoms with van der Waals surface area (Å²) in [5, 5.41) is 3.55. The number of rotatable bonds is 6. The molecule has 0 saturated heterocycles. The van der Waals surface area contributed by atoms with E-state index in [4.69, 9.17) is 0 Å². The van der Waals surface area contributed by atoms with Crippen LogP contribution < -0.4 is 5.32 Å². The zero-order valence-electron chi connectivity index (χ0n) is 10.3. The second-order valence-electron chi connectivity index (χ2n) is 3.93. The highest BCUT2D eigenvalue weighted by molar-refractivity contribution is 5.15. The molecule has 1 aromatic carbocycles. The van der Waals surface area contributed by atoms with E-state index in [2.05, 4.69) is 54.4 Å². The van der Waals surface area contributed by atoms with Crippen molar-refractivity contribution in [1.29, 1.82) is 0 Å². The van der Waals surface area contributed by atoms with Gasteiger partial charge in [-0.15, -0.1) is 11.8 Å². The summed E-state index contributed by atoms with van der Waals surface area (Å²) < 4.78 is 0. The Morgan fingerprint density at radius 1 is 1.25 bits per heavy atom. The summed E-state index contributed by atoms with van der Waals surface area (Å²) in [6.45, 7) is 5.11. The van der Waals surface area contributed by atoms with Crippen LogP contribution >= 0.6 is 0 Å². The summed E-state index contributed by atoms with van der Waals surface area (Å²) in [7, 11) is 0. The van der Waals surface area contributed by atoms with E-state index in [1.165, 1.54) is 5.56 Å². The first-order valence-electron chi connectivity index (χ1n) is 6.03. The van der Waals surface area contributed by atoms with Gasteiger partial charge < -0.3 is 5.32 Å². The smallest absolute Gasteiger partial charge is 0.0214 e. The highest BCUT2D eigenvalue weighted by Gasteiger charge is 2.05. The van der Waals surface area contributed by atoms with Crippen molar-refractivity contribution in [3.05, 3.63) is 35.9 Å². The van der Waals surface area contributed by atoms with E-state index in [0.29, 0.717) is 6.04 Å². The lowest BCUT2D eigenvalue weighted by atomic mass is 10.0. The van der Waals surface area contributed by atoms with Crippen LogP contribution in [-0.2, 0) is 6.42 Å². The molecule has 0 spiro atoms. The van der Waals surface area contributed by atoms with Gasteiger partial charge in [-0.1, -0.05) is 37.3 Å². The van der Waals surface area contributed by atoms with Crippen molar-refractivity contribution in [1.82, 2.24) is 5.32 Å². The molecule has 0 aliphatic rings. The van der Waals surface area contributed by atoms with Gasteiger partial charge in [-0.25, -0.2) is 0 Å². The molecule has 1 atom stereocenters. The van der Waals surface area contributed by atoms with E-state index in [9.17, 15) is 0 Å². The molecular formula is C15H21N. The highest BCUT2D eigenvalue weighted by Crippen LogP contribution is 2.05. The van der Waals surface area contributed by atoms with Crippen LogP contribution in [0.15, 0.2) is 30.3 Å². The molecule has 86 valence electrons. The number of hydrogen-bond acceptors (Lipinski definition) is 1. The minimum Gasteiger partial charge on any atom is -0.313 e. The second kappa shape index (κ2) is 7.96. The Bertz CT molecular complexity index is 331. The van der Waals surface area contributed by atoms with Crippen LogP contribution in [0.5, 0.6) is 0 Å². The minimum atomic E-state index is 0.570. The van der Waals surface area contributed by atoms with Gasteiger partial charge in [0.2, 0.25) is 0 Å². The van der Waals surface area contributed by atoms with Crippen molar-refractivity contribution in [2.24, 2.45) is 0 Å². The maximum Gasteiger partial charge on any atom is 0.0214 e. The molecule has 0 bridgehead atoms. The van der Waals surface area contributed by atoms with Crippen molar-refractivity contribution < 1.29 is 0 Å². The lowest BCUT2D eigenvalue weighted by Crippen LogP contribution is -2.31. The van der Waals surface area contributed by atoms with Gasteiger partial charge in [0.1, 0.15) is 0 Å². The van der Waals surface area contributed by atoms with Gasteiger partial charge in [0.05, 0.1) is 0 Å². The molecule has 0 radical (unpaired) electrons. The van der Waals surface area contributed by atoms with Crippen LogP contribution in [0.4, 0.5) is 0 Å². The fourth-order valence-electron chi connectivity index (χ4n) is 1.72. The molecule has 1 unspecified atom stereocenters. The van der Waals surface area contributed by atoms with Gasteiger partial charge >= 0.3 is 0 Å². The van der Waals surface area contributed by atoms with Crippen LogP contribution in [0, 0.1) is 11.8 Å². The Kier molecular flexibility index (Phi) is 6.37. The lowest BCUT2D eigenvalue weighted by Gasteiger charge is -2.16. The Labute approximate surface area is 99.3 Å². The molecular weight excluding hydrogens is 194 g/mol. The Morgan fingerprint density at radius 2 is 2.00 bits per heavy atom. The van der Waals surface area contributed by atoms with E-state index in [0.717, 1.165) is 25.8 Å². The first kappa shape index (κ1) is 12.8. The Hall–Kier alpha value is -1.26. The molecule has 0 amide bonds. The predicted molar refractivity (Wildman–Crippen MR) is 70.3 cm³/mol.